The number of nitrogens with two attached hydrogens (primary N) is 2. The summed E-state index contributed by atoms with van der Waals surface area (Å²) in [4.78, 5) is 36.7. The molecule has 0 radical (unpaired) electrons. The van der Waals surface area contributed by atoms with Crippen molar-refractivity contribution in [2.75, 3.05) is 24.6 Å². The van der Waals surface area contributed by atoms with Crippen LogP contribution in [0.5, 0.6) is 17.2 Å². The summed E-state index contributed by atoms with van der Waals surface area (Å²) >= 11 is 0. The van der Waals surface area contributed by atoms with Crippen molar-refractivity contribution in [1.29, 1.82) is 0 Å². The van der Waals surface area contributed by atoms with Gasteiger partial charge in [-0.05, 0) is 92.6 Å². The number of ether oxygens (including phenoxy) is 2. The molecule has 2 aliphatic heterocycles. The van der Waals surface area contributed by atoms with Crippen molar-refractivity contribution in [2.24, 2.45) is 5.92 Å². The number of hydrogen-bond acceptors (Lipinski definition) is 13. The molecule has 0 spiro atoms. The first kappa shape index (κ1) is 38.4. The first-order valence-corrected chi connectivity index (χ1v) is 18.9. The lowest BCUT2D eigenvalue weighted by Gasteiger charge is -2.48. The molecule has 2 bridgehead atoms. The number of benzene rings is 2. The number of likely N-dealkylation sites (N-methyl/N-ethyl adjacent to an activating group) is 1. The molecule has 5 heterocycles. The number of aromatic nitrogens is 2. The Balaban J connectivity index is 1.54. The van der Waals surface area contributed by atoms with Gasteiger partial charge in [0.25, 0.3) is 0 Å². The van der Waals surface area contributed by atoms with Crippen LogP contribution >= 0.6 is 0 Å². The van der Waals surface area contributed by atoms with Gasteiger partial charge in [0.15, 0.2) is 5.43 Å². The van der Waals surface area contributed by atoms with Crippen molar-refractivity contribution in [3.05, 3.63) is 122 Å². The maximum Gasteiger partial charge on any atom is 0.335 e. The highest BCUT2D eigenvalue weighted by Crippen LogP contribution is 2.53. The molecule has 0 saturated heterocycles. The van der Waals surface area contributed by atoms with E-state index in [-0.39, 0.29) is 51.9 Å². The number of anilines is 2. The molecule has 4 atom stereocenters. The molecule has 2 aromatic carbocycles. The molecule has 0 saturated carbocycles. The van der Waals surface area contributed by atoms with Gasteiger partial charge in [-0.1, -0.05) is 31.2 Å². The minimum atomic E-state index is -1.24. The zero-order chi connectivity index (χ0) is 39.7. The number of esters is 1. The van der Waals surface area contributed by atoms with Crippen LogP contribution in [0.3, 0.4) is 0 Å². The summed E-state index contributed by atoms with van der Waals surface area (Å²) in [6.45, 7) is 6.00. The Hall–Kier alpha value is -5.92. The summed E-state index contributed by atoms with van der Waals surface area (Å²) in [5, 5.41) is 36.0. The lowest BCUT2D eigenvalue weighted by molar-refractivity contribution is -0.165. The quantitative estimate of drug-likeness (QED) is 0.0818. The van der Waals surface area contributed by atoms with Gasteiger partial charge < -0.3 is 46.0 Å². The van der Waals surface area contributed by atoms with E-state index in [9.17, 15) is 24.9 Å². The number of aromatic hydroxyl groups is 2. The summed E-state index contributed by atoms with van der Waals surface area (Å²) in [7, 11) is 0. The van der Waals surface area contributed by atoms with Gasteiger partial charge in [0.2, 0.25) is 0 Å². The van der Waals surface area contributed by atoms with E-state index in [2.05, 4.69) is 15.3 Å². The third-order valence-corrected chi connectivity index (χ3v) is 11.3. The number of nitrogens with zero attached hydrogens (tertiary/aromatic N) is 2. The number of carbonyl (C=O) groups is 1. The van der Waals surface area contributed by atoms with Crippen LogP contribution in [0.15, 0.2) is 81.8 Å². The first-order chi connectivity index (χ1) is 26.9. The summed E-state index contributed by atoms with van der Waals surface area (Å²) < 4.78 is 20.1. The van der Waals surface area contributed by atoms with E-state index in [4.69, 9.17) is 25.4 Å². The van der Waals surface area contributed by atoms with Gasteiger partial charge in [-0.15, -0.1) is 0 Å². The molecule has 2 aliphatic rings. The van der Waals surface area contributed by atoms with Gasteiger partial charge in [0.1, 0.15) is 63.9 Å². The lowest BCUT2D eigenvalue weighted by atomic mass is 9.71. The number of nitrogen functional groups attached to an aromatic ring is 2. The first-order valence-electron chi connectivity index (χ1n) is 18.9. The van der Waals surface area contributed by atoms with E-state index in [0.29, 0.717) is 61.5 Å². The standard InChI is InChI=1S/C43H47N5O8/c1-4-25(21-46-5-2)42(53)55-34-19-32-38(52)37-33(51)18-28(22-49)54-40(37)36-31(17-23-7-6-8-27(50)16-23)29-13-14-47-41(45)30(29)11-10-26(43(34,3)56-39(32)36)15-24-9-12-35(44)48-20-24/h4,6-9,12-14,16,18,20,26,31,34,46,49-50,52H,5,10-11,15,17,19,21-22H2,1-3H3,(H2,44,48)(H2,45,47)/b25-4-/t26-,31-,34+,43-/m0/s1. The van der Waals surface area contributed by atoms with Gasteiger partial charge in [-0.2, -0.15) is 0 Å². The third-order valence-electron chi connectivity index (χ3n) is 11.3. The molecule has 8 N–H and O–H groups in total. The number of phenolic OH excluding ortho intramolecular Hbond substituents is 2. The SMILES string of the molecule is C/C=C(/CNCC)C(=O)O[C@@H]1Cc2c3c(c4oc(CO)cc(=O)c4c2O)[C@@H](Cc2cccc(O)c2)c2ccnc(N)c2CC[C@@H](Cc2ccc(N)nc2)[C@]1(C)O3. The minimum absolute atomic E-state index is 0.000517. The van der Waals surface area contributed by atoms with Crippen molar-refractivity contribution in [1.82, 2.24) is 15.3 Å². The highest BCUT2D eigenvalue weighted by molar-refractivity contribution is 5.92. The number of aliphatic hydroxyl groups is 1. The highest BCUT2D eigenvalue weighted by Gasteiger charge is 2.52. The van der Waals surface area contributed by atoms with Crippen LogP contribution in [0.1, 0.15) is 72.3 Å². The Morgan fingerprint density at radius 2 is 1.91 bits per heavy atom. The lowest BCUT2D eigenvalue weighted by Crippen LogP contribution is -2.57. The molecule has 3 aromatic heterocycles. The number of hydrogen-bond donors (Lipinski definition) is 6. The molecule has 0 aliphatic carbocycles. The number of allylic oxidation sites excluding steroid dienone is 1. The second-order valence-electron chi connectivity index (χ2n) is 14.7. The van der Waals surface area contributed by atoms with Gasteiger partial charge >= 0.3 is 5.97 Å². The highest BCUT2D eigenvalue weighted by atomic mass is 16.6. The monoisotopic (exact) mass is 761 g/mol. The van der Waals surface area contributed by atoms with Crippen LogP contribution in [0.25, 0.3) is 11.0 Å². The Morgan fingerprint density at radius 3 is 2.62 bits per heavy atom. The summed E-state index contributed by atoms with van der Waals surface area (Å²) in [5.74, 6) is -0.822. The van der Waals surface area contributed by atoms with Gasteiger partial charge in [0.05, 0.1) is 0 Å². The Labute approximate surface area is 324 Å². The molecule has 0 fully saturated rings. The molecule has 0 unspecified atom stereocenters. The topological polar surface area (TPSA) is 216 Å². The maximum atomic E-state index is 14.0. The number of carbonyl (C=O) groups excluding carboxylic acids is 1. The predicted molar refractivity (Wildman–Crippen MR) is 211 cm³/mol. The summed E-state index contributed by atoms with van der Waals surface area (Å²) in [6.07, 6.45) is 5.81. The molecule has 7 rings (SSSR count). The van der Waals surface area contributed by atoms with Crippen LogP contribution in [-0.2, 0) is 41.8 Å². The van der Waals surface area contributed by atoms with E-state index < -0.39 is 35.6 Å². The zero-order valence-electron chi connectivity index (χ0n) is 31.7. The summed E-state index contributed by atoms with van der Waals surface area (Å²) in [6, 6.07) is 13.6. The third kappa shape index (κ3) is 7.15. The number of nitrogens with one attached hydrogen (secondary N) is 1. The van der Waals surface area contributed by atoms with E-state index in [1.54, 1.807) is 49.7 Å². The van der Waals surface area contributed by atoms with Crippen molar-refractivity contribution in [2.45, 2.75) is 77.1 Å². The van der Waals surface area contributed by atoms with Gasteiger partial charge in [0, 0.05) is 60.0 Å². The average Bonchev–Trinajstić information content (AvgIpc) is 3.17. The zero-order valence-corrected chi connectivity index (χ0v) is 31.7. The normalized spacial score (nSPS) is 20.6. The van der Waals surface area contributed by atoms with Gasteiger partial charge in [-0.3, -0.25) is 4.79 Å². The smallest absolute Gasteiger partial charge is 0.335 e. The van der Waals surface area contributed by atoms with Gasteiger partial charge in [-0.25, -0.2) is 14.8 Å². The largest absolute Gasteiger partial charge is 0.508 e. The second-order valence-corrected chi connectivity index (χ2v) is 14.7. The molecule has 13 nitrogen and oxygen atoms in total. The van der Waals surface area contributed by atoms with Crippen LogP contribution in [0, 0.1) is 5.92 Å². The molecular weight excluding hydrogens is 714 g/mol. The summed E-state index contributed by atoms with van der Waals surface area (Å²) in [5.41, 5.74) is 15.3. The van der Waals surface area contributed by atoms with E-state index >= 15 is 0 Å². The van der Waals surface area contributed by atoms with Crippen LogP contribution < -0.4 is 26.9 Å². The minimum Gasteiger partial charge on any atom is -0.508 e. The molecular formula is C43H47N5O8. The van der Waals surface area contributed by atoms with Crippen molar-refractivity contribution >= 4 is 28.6 Å². The second kappa shape index (κ2) is 15.7. The Kier molecular flexibility index (Phi) is 10.7. The Bertz CT molecular complexity index is 2380. The number of fused-ring (bicyclic) bond motifs is 4. The molecule has 56 heavy (non-hydrogen) atoms. The average molecular weight is 762 g/mol. The predicted octanol–water partition coefficient (Wildman–Crippen LogP) is 4.99. The molecule has 0 amide bonds. The molecule has 5 aromatic rings. The Morgan fingerprint density at radius 1 is 1.09 bits per heavy atom. The number of pyridine rings is 2. The fourth-order valence-corrected chi connectivity index (χ4v) is 8.28. The van der Waals surface area contributed by atoms with Crippen molar-refractivity contribution < 1.29 is 34.0 Å². The fourth-order valence-electron chi connectivity index (χ4n) is 8.28. The van der Waals surface area contributed by atoms with E-state index in [1.807, 2.05) is 32.0 Å². The van der Waals surface area contributed by atoms with Crippen LogP contribution in [-0.4, -0.2) is 56.1 Å². The number of phenols is 2. The number of rotatable bonds is 10. The van der Waals surface area contributed by atoms with Crippen LogP contribution in [0.4, 0.5) is 11.6 Å². The van der Waals surface area contributed by atoms with Crippen molar-refractivity contribution in [3.63, 3.8) is 0 Å². The fraction of sp³-hybridized carbons (Fsp3) is 0.349. The molecule has 13 heteroatoms. The van der Waals surface area contributed by atoms with E-state index in [1.165, 1.54) is 0 Å². The van der Waals surface area contributed by atoms with E-state index in [0.717, 1.165) is 28.3 Å². The molecule has 292 valence electrons. The van der Waals surface area contributed by atoms with Crippen LogP contribution in [0.2, 0.25) is 0 Å². The number of aliphatic hydroxyl groups excluding tert-OH is 1. The van der Waals surface area contributed by atoms with Crippen molar-refractivity contribution in [3.8, 4) is 17.2 Å². The maximum absolute atomic E-state index is 14.0.